The Morgan fingerprint density at radius 1 is 0.784 bits per heavy atom. The van der Waals surface area contributed by atoms with Gasteiger partial charge in [-0.3, -0.25) is 9.78 Å². The lowest BCUT2D eigenvalue weighted by Gasteiger charge is -2.35. The molecular formula is C24H17F9N2O2. The highest BCUT2D eigenvalue weighted by Crippen LogP contribution is 2.43. The lowest BCUT2D eigenvalue weighted by molar-refractivity contribution is -0.266. The summed E-state index contributed by atoms with van der Waals surface area (Å²) < 4.78 is 128. The molecule has 0 spiro atoms. The van der Waals surface area contributed by atoms with Crippen LogP contribution in [0.25, 0.3) is 0 Å². The van der Waals surface area contributed by atoms with Crippen molar-refractivity contribution in [1.82, 2.24) is 10.3 Å². The normalized spacial score (nSPS) is 15.1. The Bertz CT molecular complexity index is 1220. The zero-order valence-corrected chi connectivity index (χ0v) is 18.7. The Morgan fingerprint density at radius 2 is 1.38 bits per heavy atom. The van der Waals surface area contributed by atoms with E-state index in [9.17, 15) is 44.3 Å². The van der Waals surface area contributed by atoms with E-state index in [0.29, 0.717) is 25.3 Å². The van der Waals surface area contributed by atoms with Gasteiger partial charge in [0.15, 0.2) is 0 Å². The van der Waals surface area contributed by atoms with Crippen LogP contribution in [0.3, 0.4) is 0 Å². The van der Waals surface area contributed by atoms with Gasteiger partial charge in [0.25, 0.3) is 11.5 Å². The molecule has 3 aromatic rings. The highest BCUT2D eigenvalue weighted by atomic mass is 19.4. The Hall–Kier alpha value is -3.61. The Labute approximate surface area is 204 Å². The molecule has 0 radical (unpaired) electrons. The van der Waals surface area contributed by atoms with Crippen LogP contribution in [0.15, 0.2) is 72.9 Å². The summed E-state index contributed by atoms with van der Waals surface area (Å²) >= 11 is 0. The average molecular weight is 536 g/mol. The highest BCUT2D eigenvalue weighted by Gasteiger charge is 2.63. The molecule has 0 aliphatic heterocycles. The number of hydrogen-bond donors (Lipinski definition) is 1. The van der Waals surface area contributed by atoms with Gasteiger partial charge in [-0.1, -0.05) is 42.5 Å². The molecule has 0 bridgehead atoms. The van der Waals surface area contributed by atoms with E-state index in [1.807, 2.05) is 5.32 Å². The first-order valence-corrected chi connectivity index (χ1v) is 10.3. The topological polar surface area (TPSA) is 51.2 Å². The summed E-state index contributed by atoms with van der Waals surface area (Å²) in [6.45, 7) is 0. The van der Waals surface area contributed by atoms with Crippen LogP contribution in [0.5, 0.6) is 0 Å². The van der Waals surface area contributed by atoms with Gasteiger partial charge in [0, 0.05) is 18.9 Å². The number of nitrogens with one attached hydrogen (secondary N) is 1. The molecule has 2 unspecified atom stereocenters. The van der Waals surface area contributed by atoms with E-state index in [1.165, 1.54) is 18.2 Å². The summed E-state index contributed by atoms with van der Waals surface area (Å²) in [4.78, 5) is 16.9. The maximum atomic E-state index is 14.3. The van der Waals surface area contributed by atoms with Gasteiger partial charge >= 0.3 is 18.5 Å². The maximum Gasteiger partial charge on any atom is 0.430 e. The predicted octanol–water partition coefficient (Wildman–Crippen LogP) is 6.43. The molecule has 0 aliphatic rings. The van der Waals surface area contributed by atoms with Gasteiger partial charge in [-0.25, -0.2) is 0 Å². The lowest BCUT2D eigenvalue weighted by Crippen LogP contribution is -2.56. The second-order valence-electron chi connectivity index (χ2n) is 7.71. The monoisotopic (exact) mass is 536 g/mol. The van der Waals surface area contributed by atoms with Crippen molar-refractivity contribution >= 4 is 5.91 Å². The van der Waals surface area contributed by atoms with Gasteiger partial charge in [-0.15, -0.1) is 0 Å². The fourth-order valence-electron chi connectivity index (χ4n) is 3.72. The number of rotatable bonds is 6. The van der Waals surface area contributed by atoms with E-state index < -0.39 is 58.5 Å². The molecule has 0 aliphatic carbocycles. The van der Waals surface area contributed by atoms with Crippen molar-refractivity contribution in [2.45, 2.75) is 30.2 Å². The van der Waals surface area contributed by atoms with Crippen LogP contribution in [0.1, 0.15) is 34.0 Å². The second-order valence-corrected chi connectivity index (χ2v) is 7.71. The molecule has 1 N–H and O–H groups in total. The standard InChI is InChI=1S/C24H17F9N2O2/c1-37-21(24(31,32)33,15-6-3-2-4-7-15)20(36)35-18(14-9-11-16(12-10-14)22(25,26)27)19-17(23(28,29)30)8-5-13-34-19/h2-13,18H,1H3,(H,35,36). The first-order valence-electron chi connectivity index (χ1n) is 10.3. The molecule has 3 rings (SSSR count). The number of hydrogen-bond acceptors (Lipinski definition) is 3. The molecule has 0 saturated heterocycles. The number of pyridine rings is 1. The Morgan fingerprint density at radius 3 is 1.86 bits per heavy atom. The molecule has 37 heavy (non-hydrogen) atoms. The average Bonchev–Trinajstić information content (AvgIpc) is 2.82. The third-order valence-electron chi connectivity index (χ3n) is 5.47. The number of benzene rings is 2. The van der Waals surface area contributed by atoms with Crippen molar-refractivity contribution in [2.24, 2.45) is 0 Å². The lowest BCUT2D eigenvalue weighted by atomic mass is 9.90. The van der Waals surface area contributed by atoms with Gasteiger partial charge < -0.3 is 10.1 Å². The third kappa shape index (κ3) is 5.55. The quantitative estimate of drug-likeness (QED) is 0.370. The molecule has 0 fully saturated rings. The summed E-state index contributed by atoms with van der Waals surface area (Å²) in [6, 6.07) is 7.61. The number of carbonyl (C=O) groups excluding carboxylic acids is 1. The fourth-order valence-corrected chi connectivity index (χ4v) is 3.72. The van der Waals surface area contributed by atoms with Crippen LogP contribution in [0, 0.1) is 0 Å². The van der Waals surface area contributed by atoms with Gasteiger partial charge in [-0.2, -0.15) is 39.5 Å². The van der Waals surface area contributed by atoms with Crippen molar-refractivity contribution < 1.29 is 49.0 Å². The summed E-state index contributed by atoms with van der Waals surface area (Å²) in [5.74, 6) is -1.91. The minimum atomic E-state index is -5.39. The number of amides is 1. The third-order valence-corrected chi connectivity index (χ3v) is 5.47. The SMILES string of the molecule is COC(C(=O)NC(c1ccc(C(F)(F)F)cc1)c1ncccc1C(F)(F)F)(c1ccccc1)C(F)(F)F. The van der Waals surface area contributed by atoms with Gasteiger partial charge in [0.1, 0.15) is 0 Å². The van der Waals surface area contributed by atoms with E-state index in [1.54, 1.807) is 0 Å². The van der Waals surface area contributed by atoms with E-state index in [2.05, 4.69) is 9.72 Å². The van der Waals surface area contributed by atoms with Gasteiger partial charge in [0.2, 0.25) is 0 Å². The van der Waals surface area contributed by atoms with E-state index >= 15 is 0 Å². The second kappa shape index (κ2) is 10.0. The number of methoxy groups -OCH3 is 1. The predicted molar refractivity (Wildman–Crippen MR) is 112 cm³/mol. The Kier molecular flexibility index (Phi) is 7.59. The molecule has 4 nitrogen and oxygen atoms in total. The van der Waals surface area contributed by atoms with Crippen LogP contribution < -0.4 is 5.32 Å². The zero-order chi connectivity index (χ0) is 27.6. The molecule has 2 aromatic carbocycles. The number of alkyl halides is 9. The van der Waals surface area contributed by atoms with Crippen molar-refractivity contribution in [3.63, 3.8) is 0 Å². The molecule has 1 aromatic heterocycles. The fraction of sp³-hybridized carbons (Fsp3) is 0.250. The minimum Gasteiger partial charge on any atom is -0.356 e. The molecule has 0 saturated carbocycles. The summed E-state index contributed by atoms with van der Waals surface area (Å²) in [5.41, 5.74) is -8.22. The van der Waals surface area contributed by atoms with Crippen LogP contribution >= 0.6 is 0 Å². The van der Waals surface area contributed by atoms with Gasteiger partial charge in [0.05, 0.1) is 22.9 Å². The van der Waals surface area contributed by atoms with Crippen LogP contribution in [-0.4, -0.2) is 24.2 Å². The largest absolute Gasteiger partial charge is 0.430 e. The number of halogens is 9. The van der Waals surface area contributed by atoms with Crippen LogP contribution in [-0.2, 0) is 27.5 Å². The summed E-state index contributed by atoms with van der Waals surface area (Å²) in [7, 11) is 0.592. The van der Waals surface area contributed by atoms with Crippen LogP contribution in [0.2, 0.25) is 0 Å². The number of carbonyl (C=O) groups is 1. The Balaban J connectivity index is 2.20. The molecule has 1 amide bonds. The van der Waals surface area contributed by atoms with E-state index in [4.69, 9.17) is 0 Å². The smallest absolute Gasteiger partial charge is 0.356 e. The molecular weight excluding hydrogens is 519 g/mol. The van der Waals surface area contributed by atoms with E-state index in [0.717, 1.165) is 36.5 Å². The molecule has 13 heteroatoms. The van der Waals surface area contributed by atoms with Crippen molar-refractivity contribution in [2.75, 3.05) is 7.11 Å². The number of aromatic nitrogens is 1. The van der Waals surface area contributed by atoms with E-state index in [-0.39, 0.29) is 5.56 Å². The molecule has 198 valence electrons. The van der Waals surface area contributed by atoms with Gasteiger partial charge in [-0.05, 0) is 29.8 Å². The molecule has 1 heterocycles. The minimum absolute atomic E-state index is 0.384. The highest BCUT2D eigenvalue weighted by molar-refractivity contribution is 5.88. The zero-order valence-electron chi connectivity index (χ0n) is 18.7. The number of nitrogens with zero attached hydrogens (tertiary/aromatic N) is 1. The first-order chi connectivity index (χ1) is 17.1. The molecule has 2 atom stereocenters. The maximum absolute atomic E-state index is 14.3. The van der Waals surface area contributed by atoms with Crippen molar-refractivity contribution in [3.05, 3.63) is 101 Å². The van der Waals surface area contributed by atoms with Crippen LogP contribution in [0.4, 0.5) is 39.5 Å². The summed E-state index contributed by atoms with van der Waals surface area (Å²) in [5, 5.41) is 1.89. The summed E-state index contributed by atoms with van der Waals surface area (Å²) in [6.07, 6.45) is -14.3. The number of ether oxygens (including phenoxy) is 1. The first kappa shape index (κ1) is 28.0. The van der Waals surface area contributed by atoms with Crippen molar-refractivity contribution in [3.8, 4) is 0 Å². The van der Waals surface area contributed by atoms with Crippen molar-refractivity contribution in [1.29, 1.82) is 0 Å².